The number of benzene rings is 1. The fraction of sp³-hybridized carbons (Fsp3) is 0.538. The molecule has 1 rings (SSSR count). The van der Waals surface area contributed by atoms with E-state index in [2.05, 4.69) is 6.92 Å². The van der Waals surface area contributed by atoms with Crippen molar-refractivity contribution in [3.8, 4) is 0 Å². The van der Waals surface area contributed by atoms with Crippen LogP contribution < -0.4 is 5.73 Å². The first-order valence-electron chi connectivity index (χ1n) is 5.78. The Hall–Kier alpha value is -0.930. The van der Waals surface area contributed by atoms with Gasteiger partial charge in [0, 0.05) is 6.54 Å². The summed E-state index contributed by atoms with van der Waals surface area (Å²) >= 11 is 0. The maximum atomic E-state index is 12.8. The maximum Gasteiger partial charge on any atom is 0.123 e. The zero-order valence-corrected chi connectivity index (χ0v) is 9.95. The Bertz CT molecular complexity index is 299. The van der Waals surface area contributed by atoms with E-state index in [4.69, 9.17) is 10.5 Å². The summed E-state index contributed by atoms with van der Waals surface area (Å²) in [7, 11) is 0. The van der Waals surface area contributed by atoms with E-state index in [0.29, 0.717) is 6.54 Å². The Morgan fingerprint density at radius 1 is 1.31 bits per heavy atom. The molecule has 0 amide bonds. The SMILES string of the molecule is CCCC(C)OC(CN)c1ccc(F)cc1. The van der Waals surface area contributed by atoms with Crippen molar-refractivity contribution < 1.29 is 9.13 Å². The predicted molar refractivity (Wildman–Crippen MR) is 63.7 cm³/mol. The third-order valence-corrected chi connectivity index (χ3v) is 2.55. The maximum absolute atomic E-state index is 12.8. The van der Waals surface area contributed by atoms with E-state index in [-0.39, 0.29) is 18.0 Å². The van der Waals surface area contributed by atoms with Crippen molar-refractivity contribution in [2.45, 2.75) is 38.9 Å². The van der Waals surface area contributed by atoms with Gasteiger partial charge in [-0.3, -0.25) is 0 Å². The number of nitrogens with two attached hydrogens (primary N) is 1. The molecule has 0 aliphatic rings. The third kappa shape index (κ3) is 3.91. The zero-order chi connectivity index (χ0) is 12.0. The first-order valence-corrected chi connectivity index (χ1v) is 5.78. The van der Waals surface area contributed by atoms with Gasteiger partial charge in [-0.2, -0.15) is 0 Å². The summed E-state index contributed by atoms with van der Waals surface area (Å²) in [5, 5.41) is 0. The molecule has 2 unspecified atom stereocenters. The lowest BCUT2D eigenvalue weighted by molar-refractivity contribution is -0.00285. The van der Waals surface area contributed by atoms with Crippen LogP contribution in [0.2, 0.25) is 0 Å². The standard InChI is InChI=1S/C13H20FNO/c1-3-4-10(2)16-13(9-15)11-5-7-12(14)8-6-11/h5-8,10,13H,3-4,9,15H2,1-2H3. The summed E-state index contributed by atoms with van der Waals surface area (Å²) in [5.41, 5.74) is 6.61. The van der Waals surface area contributed by atoms with Gasteiger partial charge in [0.05, 0.1) is 12.2 Å². The van der Waals surface area contributed by atoms with Crippen molar-refractivity contribution in [1.29, 1.82) is 0 Å². The lowest BCUT2D eigenvalue weighted by Crippen LogP contribution is -2.20. The van der Waals surface area contributed by atoms with Gasteiger partial charge in [0.1, 0.15) is 5.82 Å². The van der Waals surface area contributed by atoms with Gasteiger partial charge in [-0.1, -0.05) is 25.5 Å². The highest BCUT2D eigenvalue weighted by Gasteiger charge is 2.13. The van der Waals surface area contributed by atoms with E-state index in [0.717, 1.165) is 18.4 Å². The Kier molecular flexibility index (Phi) is 5.43. The van der Waals surface area contributed by atoms with E-state index < -0.39 is 0 Å². The van der Waals surface area contributed by atoms with E-state index in [1.54, 1.807) is 12.1 Å². The summed E-state index contributed by atoms with van der Waals surface area (Å²) in [5.74, 6) is -0.235. The van der Waals surface area contributed by atoms with Crippen molar-refractivity contribution in [2.75, 3.05) is 6.54 Å². The molecule has 3 heteroatoms. The van der Waals surface area contributed by atoms with Crippen LogP contribution in [0, 0.1) is 5.82 Å². The molecule has 0 heterocycles. The number of hydrogen-bond acceptors (Lipinski definition) is 2. The third-order valence-electron chi connectivity index (χ3n) is 2.55. The summed E-state index contributed by atoms with van der Waals surface area (Å²) in [6.07, 6.45) is 2.14. The molecule has 0 bridgehead atoms. The highest BCUT2D eigenvalue weighted by atomic mass is 19.1. The average Bonchev–Trinajstić information content (AvgIpc) is 2.27. The fourth-order valence-corrected chi connectivity index (χ4v) is 1.70. The molecule has 90 valence electrons. The zero-order valence-electron chi connectivity index (χ0n) is 9.95. The second-order valence-electron chi connectivity index (χ2n) is 4.01. The highest BCUT2D eigenvalue weighted by Crippen LogP contribution is 2.19. The molecule has 2 nitrogen and oxygen atoms in total. The number of hydrogen-bond donors (Lipinski definition) is 1. The van der Waals surface area contributed by atoms with Gasteiger partial charge < -0.3 is 10.5 Å². The molecule has 0 aliphatic carbocycles. The summed E-state index contributed by atoms with van der Waals surface area (Å²) in [6.45, 7) is 4.57. The number of rotatable bonds is 6. The Morgan fingerprint density at radius 2 is 1.94 bits per heavy atom. The number of halogens is 1. The Balaban J connectivity index is 2.63. The van der Waals surface area contributed by atoms with Crippen molar-refractivity contribution in [2.24, 2.45) is 5.73 Å². The minimum Gasteiger partial charge on any atom is -0.369 e. The fourth-order valence-electron chi connectivity index (χ4n) is 1.70. The Morgan fingerprint density at radius 3 is 2.44 bits per heavy atom. The molecule has 0 saturated carbocycles. The highest BCUT2D eigenvalue weighted by molar-refractivity contribution is 5.19. The van der Waals surface area contributed by atoms with Crippen LogP contribution in [-0.2, 0) is 4.74 Å². The second kappa shape index (κ2) is 6.61. The van der Waals surface area contributed by atoms with E-state index >= 15 is 0 Å². The smallest absolute Gasteiger partial charge is 0.123 e. The van der Waals surface area contributed by atoms with Crippen LogP contribution in [0.5, 0.6) is 0 Å². The molecule has 16 heavy (non-hydrogen) atoms. The molecule has 1 aromatic rings. The van der Waals surface area contributed by atoms with Crippen LogP contribution in [0.25, 0.3) is 0 Å². The molecule has 0 aromatic heterocycles. The molecule has 2 atom stereocenters. The largest absolute Gasteiger partial charge is 0.369 e. The normalized spacial score (nSPS) is 14.8. The van der Waals surface area contributed by atoms with Crippen LogP contribution >= 0.6 is 0 Å². The van der Waals surface area contributed by atoms with Crippen LogP contribution in [0.3, 0.4) is 0 Å². The number of ether oxygens (including phenoxy) is 1. The average molecular weight is 225 g/mol. The topological polar surface area (TPSA) is 35.2 Å². The molecule has 0 fully saturated rings. The van der Waals surface area contributed by atoms with Crippen molar-refractivity contribution in [1.82, 2.24) is 0 Å². The van der Waals surface area contributed by atoms with Gasteiger partial charge in [0.25, 0.3) is 0 Å². The van der Waals surface area contributed by atoms with Gasteiger partial charge in [-0.25, -0.2) is 4.39 Å². The van der Waals surface area contributed by atoms with Crippen molar-refractivity contribution in [3.05, 3.63) is 35.6 Å². The van der Waals surface area contributed by atoms with Crippen molar-refractivity contribution >= 4 is 0 Å². The van der Waals surface area contributed by atoms with Gasteiger partial charge in [-0.05, 0) is 31.0 Å². The van der Waals surface area contributed by atoms with Crippen LogP contribution in [0.1, 0.15) is 38.4 Å². The molecule has 0 saturated heterocycles. The van der Waals surface area contributed by atoms with Gasteiger partial charge >= 0.3 is 0 Å². The van der Waals surface area contributed by atoms with Crippen LogP contribution in [0.15, 0.2) is 24.3 Å². The lowest BCUT2D eigenvalue weighted by Gasteiger charge is -2.21. The van der Waals surface area contributed by atoms with Crippen LogP contribution in [0.4, 0.5) is 4.39 Å². The van der Waals surface area contributed by atoms with E-state index in [1.165, 1.54) is 12.1 Å². The minimum atomic E-state index is -0.235. The molecule has 1 aromatic carbocycles. The van der Waals surface area contributed by atoms with Gasteiger partial charge in [0.15, 0.2) is 0 Å². The monoisotopic (exact) mass is 225 g/mol. The lowest BCUT2D eigenvalue weighted by atomic mass is 10.1. The minimum absolute atomic E-state index is 0.137. The summed E-state index contributed by atoms with van der Waals surface area (Å²) in [6, 6.07) is 6.33. The molecule has 0 aliphatic heterocycles. The second-order valence-corrected chi connectivity index (χ2v) is 4.01. The first kappa shape index (κ1) is 13.1. The van der Waals surface area contributed by atoms with Gasteiger partial charge in [-0.15, -0.1) is 0 Å². The van der Waals surface area contributed by atoms with Crippen molar-refractivity contribution in [3.63, 3.8) is 0 Å². The van der Waals surface area contributed by atoms with Crippen LogP contribution in [-0.4, -0.2) is 12.6 Å². The van der Waals surface area contributed by atoms with E-state index in [9.17, 15) is 4.39 Å². The van der Waals surface area contributed by atoms with E-state index in [1.807, 2.05) is 6.92 Å². The molecule has 2 N–H and O–H groups in total. The summed E-state index contributed by atoms with van der Waals surface area (Å²) < 4.78 is 18.6. The first-order chi connectivity index (χ1) is 7.67. The quantitative estimate of drug-likeness (QED) is 0.807. The van der Waals surface area contributed by atoms with Gasteiger partial charge in [0.2, 0.25) is 0 Å². The molecule has 0 spiro atoms. The molecule has 0 radical (unpaired) electrons. The summed E-state index contributed by atoms with van der Waals surface area (Å²) in [4.78, 5) is 0. The Labute approximate surface area is 96.6 Å². The predicted octanol–water partition coefficient (Wildman–Crippen LogP) is 3.03. The molecular formula is C13H20FNO. The molecular weight excluding hydrogens is 205 g/mol.